The van der Waals surface area contributed by atoms with Gasteiger partial charge in [-0.3, -0.25) is 9.59 Å². The number of carboxylic acids is 1. The zero-order valence-electron chi connectivity index (χ0n) is 10.3. The lowest BCUT2D eigenvalue weighted by molar-refractivity contribution is -0.139. The molecule has 1 atom stereocenters. The molecule has 0 saturated carbocycles. The van der Waals surface area contributed by atoms with Crippen molar-refractivity contribution < 1.29 is 23.9 Å². The van der Waals surface area contributed by atoms with Crippen molar-refractivity contribution in [3.05, 3.63) is 30.1 Å². The molecule has 0 aromatic heterocycles. The van der Waals surface area contributed by atoms with Crippen molar-refractivity contribution in [2.24, 2.45) is 0 Å². The number of carbonyl (C=O) groups excluding carboxylic acids is 2. The van der Waals surface area contributed by atoms with Crippen molar-refractivity contribution in [2.45, 2.75) is 6.04 Å². The maximum absolute atomic E-state index is 12.7. The lowest BCUT2D eigenvalue weighted by atomic mass is 10.3. The van der Waals surface area contributed by atoms with E-state index in [1.54, 1.807) is 0 Å². The van der Waals surface area contributed by atoms with Crippen LogP contribution in [0.4, 0.5) is 10.1 Å². The quantitative estimate of drug-likeness (QED) is 0.614. The number of carboxylic acid groups (broad SMARTS) is 1. The van der Waals surface area contributed by atoms with Crippen molar-refractivity contribution in [3.63, 3.8) is 0 Å². The van der Waals surface area contributed by atoms with Crippen LogP contribution in [0.25, 0.3) is 0 Å². The fourth-order valence-corrected chi connectivity index (χ4v) is 2.12. The van der Waals surface area contributed by atoms with Gasteiger partial charge in [0.05, 0.1) is 5.75 Å². The highest BCUT2D eigenvalue weighted by Crippen LogP contribution is 2.10. The average Bonchev–Trinajstić information content (AvgIpc) is 2.40. The summed E-state index contributed by atoms with van der Waals surface area (Å²) in [5.74, 6) is -1.80. The zero-order valence-corrected chi connectivity index (χ0v) is 11.2. The molecule has 3 N–H and O–H groups in total. The van der Waals surface area contributed by atoms with Crippen LogP contribution in [0.2, 0.25) is 0 Å². The summed E-state index contributed by atoms with van der Waals surface area (Å²) in [6.45, 7) is 0. The maximum atomic E-state index is 12.7. The predicted octanol–water partition coefficient (Wildman–Crippen LogP) is 0.697. The molecule has 0 aliphatic rings. The predicted molar refractivity (Wildman–Crippen MR) is 73.0 cm³/mol. The molecule has 6 nitrogen and oxygen atoms in total. The molecule has 1 aromatic rings. The number of halogens is 1. The summed E-state index contributed by atoms with van der Waals surface area (Å²) in [7, 11) is 0. The average molecular weight is 300 g/mol. The van der Waals surface area contributed by atoms with Crippen LogP contribution in [0.15, 0.2) is 24.3 Å². The number of hydrogen-bond acceptors (Lipinski definition) is 4. The standard InChI is InChI=1S/C12H13FN2O4S/c13-8-1-3-9(4-2-8)15-11(17)6-20-5-10(12(18)19)14-7-16/h1-4,7,10H,5-6H2,(H,14,16)(H,15,17)(H,18,19). The Kier molecular flexibility index (Phi) is 6.51. The zero-order chi connectivity index (χ0) is 15.0. The molecule has 0 heterocycles. The Morgan fingerprint density at radius 2 is 2.00 bits per heavy atom. The summed E-state index contributed by atoms with van der Waals surface area (Å²) < 4.78 is 12.7. The molecule has 108 valence electrons. The van der Waals surface area contributed by atoms with E-state index in [4.69, 9.17) is 5.11 Å². The van der Waals surface area contributed by atoms with Crippen LogP contribution >= 0.6 is 11.8 Å². The number of benzene rings is 1. The minimum atomic E-state index is -1.16. The van der Waals surface area contributed by atoms with Crippen LogP contribution < -0.4 is 10.6 Å². The first-order valence-corrected chi connectivity index (χ1v) is 6.74. The van der Waals surface area contributed by atoms with Gasteiger partial charge in [0.15, 0.2) is 0 Å². The number of amides is 2. The van der Waals surface area contributed by atoms with Crippen LogP contribution in [-0.4, -0.2) is 40.9 Å². The number of aliphatic carboxylic acids is 1. The van der Waals surface area contributed by atoms with E-state index in [1.807, 2.05) is 0 Å². The van der Waals surface area contributed by atoms with Crippen LogP contribution in [0.5, 0.6) is 0 Å². The lowest BCUT2D eigenvalue weighted by Gasteiger charge is -2.10. The van der Waals surface area contributed by atoms with E-state index >= 15 is 0 Å². The first-order valence-electron chi connectivity index (χ1n) is 5.58. The molecule has 0 spiro atoms. The Hall–Kier alpha value is -2.09. The number of hydrogen-bond donors (Lipinski definition) is 3. The monoisotopic (exact) mass is 300 g/mol. The molecular formula is C12H13FN2O4S. The molecule has 8 heteroatoms. The van der Waals surface area contributed by atoms with E-state index in [-0.39, 0.29) is 17.4 Å². The third-order valence-corrected chi connectivity index (χ3v) is 3.25. The minimum Gasteiger partial charge on any atom is -0.480 e. The highest BCUT2D eigenvalue weighted by atomic mass is 32.2. The molecule has 0 aliphatic heterocycles. The second-order valence-electron chi connectivity index (χ2n) is 3.75. The summed E-state index contributed by atoms with van der Waals surface area (Å²) in [4.78, 5) is 32.5. The van der Waals surface area contributed by atoms with Crippen molar-refractivity contribution >= 4 is 35.7 Å². The van der Waals surface area contributed by atoms with Crippen molar-refractivity contribution in [2.75, 3.05) is 16.8 Å². The first-order chi connectivity index (χ1) is 9.52. The van der Waals surface area contributed by atoms with Crippen molar-refractivity contribution in [3.8, 4) is 0 Å². The topological polar surface area (TPSA) is 95.5 Å². The van der Waals surface area contributed by atoms with Gasteiger partial charge in [0.25, 0.3) is 0 Å². The third kappa shape index (κ3) is 5.70. The number of thioether (sulfide) groups is 1. The second kappa shape index (κ2) is 8.16. The third-order valence-electron chi connectivity index (χ3n) is 2.21. The van der Waals surface area contributed by atoms with Crippen LogP contribution in [0.1, 0.15) is 0 Å². The molecular weight excluding hydrogens is 287 g/mol. The van der Waals surface area contributed by atoms with Gasteiger partial charge in [-0.05, 0) is 24.3 Å². The second-order valence-corrected chi connectivity index (χ2v) is 4.78. The summed E-state index contributed by atoms with van der Waals surface area (Å²) in [6.07, 6.45) is 0.304. The van der Waals surface area contributed by atoms with E-state index in [1.165, 1.54) is 24.3 Å². The van der Waals surface area contributed by atoms with Gasteiger partial charge < -0.3 is 15.7 Å². The van der Waals surface area contributed by atoms with Gasteiger partial charge in [-0.1, -0.05) is 0 Å². The molecule has 0 saturated heterocycles. The van der Waals surface area contributed by atoms with E-state index in [2.05, 4.69) is 10.6 Å². The van der Waals surface area contributed by atoms with Gasteiger partial charge in [-0.2, -0.15) is 0 Å². The van der Waals surface area contributed by atoms with Crippen LogP contribution in [0, 0.1) is 5.82 Å². The Labute approximate surface area is 118 Å². The van der Waals surface area contributed by atoms with E-state index in [9.17, 15) is 18.8 Å². The number of anilines is 1. The molecule has 0 bridgehead atoms. The molecule has 1 unspecified atom stereocenters. The fraction of sp³-hybridized carbons (Fsp3) is 0.250. The van der Waals surface area contributed by atoms with Gasteiger partial charge in [0.2, 0.25) is 12.3 Å². The summed E-state index contributed by atoms with van der Waals surface area (Å²) in [6, 6.07) is 4.25. The summed E-state index contributed by atoms with van der Waals surface area (Å²) in [5.41, 5.74) is 0.456. The van der Waals surface area contributed by atoms with Gasteiger partial charge in [-0.25, -0.2) is 9.18 Å². The molecule has 0 radical (unpaired) electrons. The maximum Gasteiger partial charge on any atom is 0.327 e. The SMILES string of the molecule is O=CNC(CSCC(=O)Nc1ccc(F)cc1)C(=O)O. The van der Waals surface area contributed by atoms with Crippen molar-refractivity contribution in [1.29, 1.82) is 0 Å². The Bertz CT molecular complexity index is 481. The molecule has 1 rings (SSSR count). The summed E-state index contributed by atoms with van der Waals surface area (Å²) in [5, 5.41) is 13.4. The normalized spacial score (nSPS) is 11.4. The molecule has 0 aliphatic carbocycles. The largest absolute Gasteiger partial charge is 0.480 e. The van der Waals surface area contributed by atoms with Gasteiger partial charge >= 0.3 is 5.97 Å². The molecule has 1 aromatic carbocycles. The molecule has 20 heavy (non-hydrogen) atoms. The molecule has 2 amide bonds. The first kappa shape index (κ1) is 16.0. The Morgan fingerprint density at radius 3 is 2.55 bits per heavy atom. The van der Waals surface area contributed by atoms with Gasteiger partial charge in [0.1, 0.15) is 11.9 Å². The lowest BCUT2D eigenvalue weighted by Crippen LogP contribution is -2.38. The van der Waals surface area contributed by atoms with Crippen LogP contribution in [0.3, 0.4) is 0 Å². The van der Waals surface area contributed by atoms with Crippen LogP contribution in [-0.2, 0) is 14.4 Å². The van der Waals surface area contributed by atoms with Gasteiger partial charge in [0, 0.05) is 11.4 Å². The smallest absolute Gasteiger partial charge is 0.327 e. The van der Waals surface area contributed by atoms with E-state index in [0.717, 1.165) is 11.8 Å². The Morgan fingerprint density at radius 1 is 1.35 bits per heavy atom. The highest BCUT2D eigenvalue weighted by molar-refractivity contribution is 8.00. The number of rotatable bonds is 8. The number of nitrogens with one attached hydrogen (secondary N) is 2. The summed E-state index contributed by atoms with van der Waals surface area (Å²) >= 11 is 1.07. The van der Waals surface area contributed by atoms with Gasteiger partial charge in [-0.15, -0.1) is 11.8 Å². The fourth-order valence-electron chi connectivity index (χ4n) is 1.27. The minimum absolute atomic E-state index is 0.0295. The van der Waals surface area contributed by atoms with E-state index < -0.39 is 17.8 Å². The highest BCUT2D eigenvalue weighted by Gasteiger charge is 2.16. The van der Waals surface area contributed by atoms with E-state index in [0.29, 0.717) is 12.1 Å². The Balaban J connectivity index is 2.34. The van der Waals surface area contributed by atoms with Crippen molar-refractivity contribution in [1.82, 2.24) is 5.32 Å². The number of carbonyl (C=O) groups is 3. The molecule has 0 fully saturated rings.